The van der Waals surface area contributed by atoms with Gasteiger partial charge in [0.1, 0.15) is 24.3 Å². The zero-order valence-electron chi connectivity index (χ0n) is 20.2. The molecule has 3 rings (SSSR count). The second-order valence-electron chi connectivity index (χ2n) is 8.30. The molecule has 1 saturated heterocycles. The Kier molecular flexibility index (Phi) is 8.03. The normalized spacial score (nSPS) is 26.1. The molecule has 0 spiro atoms. The Morgan fingerprint density at radius 3 is 2.22 bits per heavy atom. The largest absolute Gasteiger partial charge is 0.463 e. The highest BCUT2D eigenvalue weighted by atomic mass is 16.7. The summed E-state index contributed by atoms with van der Waals surface area (Å²) in [6.45, 7) is 4.13. The number of ketones is 2. The summed E-state index contributed by atoms with van der Waals surface area (Å²) in [6.07, 6.45) is -5.80. The molecule has 198 valence electrons. The van der Waals surface area contributed by atoms with Crippen LogP contribution in [0.25, 0.3) is 0 Å². The predicted octanol–water partition coefficient (Wildman–Crippen LogP) is 0.350. The molecule has 1 aliphatic carbocycles. The SMILES string of the molecule is CC(=O)OC[C@H]1O[C@H](O)[C@H](N/C(C)=C2\C(=O)c3cccc([N+](=O)[O-])c3C2=O)[C@@H](OC(C)=O)[C@@H]1OC(C)=O. The molecule has 14 heteroatoms. The summed E-state index contributed by atoms with van der Waals surface area (Å²) in [5.41, 5.74) is -1.61. The summed E-state index contributed by atoms with van der Waals surface area (Å²) >= 11 is 0. The highest BCUT2D eigenvalue weighted by Gasteiger charge is 2.50. The van der Waals surface area contributed by atoms with Gasteiger partial charge < -0.3 is 29.4 Å². The Bertz CT molecular complexity index is 1210. The van der Waals surface area contributed by atoms with Gasteiger partial charge in [0.25, 0.3) is 5.69 Å². The van der Waals surface area contributed by atoms with Gasteiger partial charge in [0, 0.05) is 38.1 Å². The molecule has 1 aromatic carbocycles. The van der Waals surface area contributed by atoms with Crippen LogP contribution < -0.4 is 5.32 Å². The molecule has 0 amide bonds. The number of hydrogen-bond acceptors (Lipinski definition) is 13. The number of carbonyl (C=O) groups is 5. The van der Waals surface area contributed by atoms with E-state index in [-0.39, 0.29) is 16.8 Å². The molecule has 0 radical (unpaired) electrons. The Balaban J connectivity index is 2.00. The third kappa shape index (κ3) is 5.65. The van der Waals surface area contributed by atoms with E-state index in [0.717, 1.165) is 26.8 Å². The summed E-state index contributed by atoms with van der Waals surface area (Å²) in [5.74, 6) is -4.00. The maximum atomic E-state index is 13.0. The summed E-state index contributed by atoms with van der Waals surface area (Å²) in [6, 6.07) is 2.27. The summed E-state index contributed by atoms with van der Waals surface area (Å²) < 4.78 is 21.0. The van der Waals surface area contributed by atoms with Crippen molar-refractivity contribution in [3.05, 3.63) is 50.7 Å². The minimum atomic E-state index is -1.77. The fourth-order valence-corrected chi connectivity index (χ4v) is 4.22. The number of allylic oxidation sites excluding steroid dienone is 2. The second-order valence-corrected chi connectivity index (χ2v) is 8.30. The van der Waals surface area contributed by atoms with Crippen molar-refractivity contribution in [2.24, 2.45) is 0 Å². The quantitative estimate of drug-likeness (QED) is 0.125. The first-order valence-electron chi connectivity index (χ1n) is 11.0. The molecular formula is C23H24N2O12. The van der Waals surface area contributed by atoms with E-state index in [9.17, 15) is 39.2 Å². The third-order valence-corrected chi connectivity index (χ3v) is 5.64. The van der Waals surface area contributed by atoms with Crippen LogP contribution in [0.5, 0.6) is 0 Å². The van der Waals surface area contributed by atoms with Crippen molar-refractivity contribution in [1.29, 1.82) is 0 Å². The minimum absolute atomic E-state index is 0.106. The fourth-order valence-electron chi connectivity index (χ4n) is 4.22. The molecule has 37 heavy (non-hydrogen) atoms. The van der Waals surface area contributed by atoms with Crippen molar-refractivity contribution in [2.45, 2.75) is 58.3 Å². The van der Waals surface area contributed by atoms with Crippen LogP contribution in [0.1, 0.15) is 48.4 Å². The van der Waals surface area contributed by atoms with Crippen LogP contribution in [0, 0.1) is 10.1 Å². The molecule has 1 heterocycles. The second kappa shape index (κ2) is 10.8. The Morgan fingerprint density at radius 2 is 1.65 bits per heavy atom. The number of ether oxygens (including phenoxy) is 4. The summed E-state index contributed by atoms with van der Waals surface area (Å²) in [7, 11) is 0. The smallest absolute Gasteiger partial charge is 0.303 e. The van der Waals surface area contributed by atoms with E-state index in [1.165, 1.54) is 19.1 Å². The molecule has 1 aliphatic heterocycles. The predicted molar refractivity (Wildman–Crippen MR) is 120 cm³/mol. The van der Waals surface area contributed by atoms with Crippen LogP contribution in [0.3, 0.4) is 0 Å². The van der Waals surface area contributed by atoms with E-state index < -0.39 is 82.9 Å². The number of hydrogen-bond donors (Lipinski definition) is 2. The first kappa shape index (κ1) is 27.4. The van der Waals surface area contributed by atoms with Crippen molar-refractivity contribution in [1.82, 2.24) is 5.32 Å². The Hall–Kier alpha value is -4.17. The monoisotopic (exact) mass is 520 g/mol. The van der Waals surface area contributed by atoms with Gasteiger partial charge in [-0.25, -0.2) is 0 Å². The number of carbonyl (C=O) groups excluding carboxylic acids is 5. The molecule has 0 unspecified atom stereocenters. The minimum Gasteiger partial charge on any atom is -0.463 e. The lowest BCUT2D eigenvalue weighted by Crippen LogP contribution is -2.65. The van der Waals surface area contributed by atoms with Crippen molar-refractivity contribution in [2.75, 3.05) is 6.61 Å². The molecule has 5 atom stereocenters. The molecular weight excluding hydrogens is 496 g/mol. The number of fused-ring (bicyclic) bond motifs is 1. The number of esters is 3. The lowest BCUT2D eigenvalue weighted by Gasteiger charge is -2.44. The maximum absolute atomic E-state index is 13.0. The number of nitrogens with one attached hydrogen (secondary N) is 1. The zero-order chi connectivity index (χ0) is 27.6. The topological polar surface area (TPSA) is 198 Å². The van der Waals surface area contributed by atoms with Crippen LogP contribution in [-0.4, -0.2) is 76.8 Å². The molecule has 0 bridgehead atoms. The van der Waals surface area contributed by atoms with Gasteiger partial charge in [-0.1, -0.05) is 6.07 Å². The highest BCUT2D eigenvalue weighted by molar-refractivity contribution is 6.40. The molecule has 0 saturated carbocycles. The number of benzene rings is 1. The van der Waals surface area contributed by atoms with Crippen LogP contribution in [0.2, 0.25) is 0 Å². The van der Waals surface area contributed by atoms with E-state index >= 15 is 0 Å². The lowest BCUT2D eigenvalue weighted by molar-refractivity contribution is -0.385. The summed E-state index contributed by atoms with van der Waals surface area (Å²) in [4.78, 5) is 71.6. The molecule has 2 N–H and O–H groups in total. The van der Waals surface area contributed by atoms with Crippen molar-refractivity contribution in [3.63, 3.8) is 0 Å². The van der Waals surface area contributed by atoms with Gasteiger partial charge in [0.15, 0.2) is 24.3 Å². The molecule has 1 aromatic rings. The molecule has 1 fully saturated rings. The van der Waals surface area contributed by atoms with Gasteiger partial charge >= 0.3 is 17.9 Å². The average Bonchev–Trinajstić information content (AvgIpc) is 3.06. The third-order valence-electron chi connectivity index (χ3n) is 5.64. The average molecular weight is 520 g/mol. The van der Waals surface area contributed by atoms with Gasteiger partial charge in [-0.2, -0.15) is 0 Å². The van der Waals surface area contributed by atoms with E-state index in [0.29, 0.717) is 0 Å². The fraction of sp³-hybridized carbons (Fsp3) is 0.435. The molecule has 2 aliphatic rings. The van der Waals surface area contributed by atoms with Gasteiger partial charge in [-0.05, 0) is 13.0 Å². The van der Waals surface area contributed by atoms with Crippen LogP contribution in [0.15, 0.2) is 29.5 Å². The number of nitrogens with zero attached hydrogens (tertiary/aromatic N) is 1. The maximum Gasteiger partial charge on any atom is 0.303 e. The van der Waals surface area contributed by atoms with Gasteiger partial charge in [-0.15, -0.1) is 0 Å². The van der Waals surface area contributed by atoms with Crippen LogP contribution >= 0.6 is 0 Å². The Morgan fingerprint density at radius 1 is 1.03 bits per heavy atom. The van der Waals surface area contributed by atoms with Crippen molar-refractivity contribution >= 4 is 35.2 Å². The number of rotatable bonds is 7. The van der Waals surface area contributed by atoms with Crippen molar-refractivity contribution in [3.8, 4) is 0 Å². The van der Waals surface area contributed by atoms with E-state index in [4.69, 9.17) is 18.9 Å². The number of aliphatic hydroxyl groups is 1. The van der Waals surface area contributed by atoms with Crippen molar-refractivity contribution < 1.29 is 52.9 Å². The molecule has 14 nitrogen and oxygen atoms in total. The Labute approximate surface area is 209 Å². The van der Waals surface area contributed by atoms with Crippen LogP contribution in [0.4, 0.5) is 5.69 Å². The first-order valence-corrected chi connectivity index (χ1v) is 11.0. The van der Waals surface area contributed by atoms with Crippen LogP contribution in [-0.2, 0) is 33.3 Å². The van der Waals surface area contributed by atoms with Gasteiger partial charge in [-0.3, -0.25) is 34.1 Å². The number of Topliss-reactive ketones (excluding diaryl/α,β-unsaturated/α-hetero) is 2. The number of nitro groups is 1. The number of nitro benzene ring substituents is 1. The van der Waals surface area contributed by atoms with E-state index in [2.05, 4.69) is 5.32 Å². The van der Waals surface area contributed by atoms with E-state index in [1.807, 2.05) is 0 Å². The number of aliphatic hydroxyl groups excluding tert-OH is 1. The first-order chi connectivity index (χ1) is 17.3. The van der Waals surface area contributed by atoms with E-state index in [1.54, 1.807) is 0 Å². The lowest BCUT2D eigenvalue weighted by atomic mass is 9.95. The van der Waals surface area contributed by atoms with Gasteiger partial charge in [0.2, 0.25) is 5.78 Å². The molecule has 0 aromatic heterocycles. The highest BCUT2D eigenvalue weighted by Crippen LogP contribution is 2.35. The van der Waals surface area contributed by atoms with Gasteiger partial charge in [0.05, 0.1) is 10.5 Å². The zero-order valence-corrected chi connectivity index (χ0v) is 20.2. The summed E-state index contributed by atoms with van der Waals surface area (Å²) in [5, 5.41) is 24.8. The standard InChI is InChI=1S/C23H24N2O12/c1-9(16-19(29)13-6-5-7-14(25(32)33)17(13)20(16)30)24-18-22(36-12(4)28)21(35-11(3)27)15(37-23(18)31)8-34-10(2)26/h5-7,15,18,21-24,31H,8H2,1-4H3/b16-9+/t15-,18-,21-,22-,23+/m1/s1.